The minimum atomic E-state index is -3.01. The Morgan fingerprint density at radius 1 is 1.33 bits per heavy atom. The fourth-order valence-corrected chi connectivity index (χ4v) is 1.69. The number of carboxylic acid groups (broad SMARTS) is 1. The van der Waals surface area contributed by atoms with Gasteiger partial charge < -0.3 is 15.2 Å². The van der Waals surface area contributed by atoms with Crippen LogP contribution in [0, 0.1) is 5.92 Å². The number of ether oxygens (including phenoxy) is 1. The Labute approximate surface area is 120 Å². The summed E-state index contributed by atoms with van der Waals surface area (Å²) in [6, 6.07) is 5.70. The van der Waals surface area contributed by atoms with Gasteiger partial charge in [-0.3, -0.25) is 9.59 Å². The number of carbonyl (C=O) groups is 2. The first-order valence-corrected chi connectivity index (χ1v) is 6.44. The maximum Gasteiger partial charge on any atom is 0.387 e. The van der Waals surface area contributed by atoms with Crippen molar-refractivity contribution in [1.29, 1.82) is 0 Å². The van der Waals surface area contributed by atoms with Crippen LogP contribution < -0.4 is 10.1 Å². The molecular weight excluding hydrogens is 284 g/mol. The summed E-state index contributed by atoms with van der Waals surface area (Å²) in [6.45, 7) is -0.951. The number of hydrogen-bond donors (Lipinski definition) is 2. The van der Waals surface area contributed by atoms with E-state index in [1.165, 1.54) is 18.2 Å². The van der Waals surface area contributed by atoms with Crippen molar-refractivity contribution in [1.82, 2.24) is 5.32 Å². The van der Waals surface area contributed by atoms with E-state index in [-0.39, 0.29) is 30.2 Å². The SMILES string of the molecule is CC(CCC(=O)O)CNC(=O)c1ccccc1OC(F)F. The number of hydrogen-bond acceptors (Lipinski definition) is 3. The highest BCUT2D eigenvalue weighted by Crippen LogP contribution is 2.20. The van der Waals surface area contributed by atoms with Gasteiger partial charge in [0.2, 0.25) is 0 Å². The Morgan fingerprint density at radius 3 is 2.62 bits per heavy atom. The van der Waals surface area contributed by atoms with Crippen LogP contribution in [-0.2, 0) is 4.79 Å². The zero-order valence-electron chi connectivity index (χ0n) is 11.5. The van der Waals surface area contributed by atoms with Gasteiger partial charge in [-0.25, -0.2) is 0 Å². The Bertz CT molecular complexity index is 494. The minimum Gasteiger partial charge on any atom is -0.481 e. The average molecular weight is 301 g/mol. The molecule has 0 aromatic heterocycles. The zero-order chi connectivity index (χ0) is 15.8. The first kappa shape index (κ1) is 16.9. The lowest BCUT2D eigenvalue weighted by molar-refractivity contribution is -0.137. The van der Waals surface area contributed by atoms with Crippen LogP contribution in [0.1, 0.15) is 30.1 Å². The quantitative estimate of drug-likeness (QED) is 0.773. The van der Waals surface area contributed by atoms with Crippen LogP contribution in [-0.4, -0.2) is 30.1 Å². The summed E-state index contributed by atoms with van der Waals surface area (Å²) in [5.74, 6) is -1.66. The van der Waals surface area contributed by atoms with E-state index in [2.05, 4.69) is 10.1 Å². The standard InChI is InChI=1S/C14H17F2NO4/c1-9(6-7-12(18)19)8-17-13(20)10-4-2-3-5-11(10)21-14(15)16/h2-5,9,14H,6-8H2,1H3,(H,17,20)(H,18,19). The van der Waals surface area contributed by atoms with Crippen LogP contribution in [0.15, 0.2) is 24.3 Å². The predicted octanol–water partition coefficient (Wildman–Crippen LogP) is 2.52. The molecule has 0 spiro atoms. The number of amides is 1. The lowest BCUT2D eigenvalue weighted by Crippen LogP contribution is -2.29. The molecule has 1 aromatic carbocycles. The van der Waals surface area contributed by atoms with Gasteiger partial charge in [0.15, 0.2) is 0 Å². The number of para-hydroxylation sites is 1. The molecule has 1 unspecified atom stereocenters. The molecule has 0 heterocycles. The van der Waals surface area contributed by atoms with E-state index in [4.69, 9.17) is 5.11 Å². The fourth-order valence-electron chi connectivity index (χ4n) is 1.69. The number of halogens is 2. The van der Waals surface area contributed by atoms with E-state index >= 15 is 0 Å². The summed E-state index contributed by atoms with van der Waals surface area (Å²) >= 11 is 0. The van der Waals surface area contributed by atoms with E-state index in [0.717, 1.165) is 0 Å². The molecule has 21 heavy (non-hydrogen) atoms. The van der Waals surface area contributed by atoms with Crippen LogP contribution in [0.5, 0.6) is 5.75 Å². The molecule has 0 saturated carbocycles. The molecule has 116 valence electrons. The summed E-state index contributed by atoms with van der Waals surface area (Å²) < 4.78 is 28.8. The monoisotopic (exact) mass is 301 g/mol. The number of nitrogens with one attached hydrogen (secondary N) is 1. The van der Waals surface area contributed by atoms with Crippen molar-refractivity contribution in [2.45, 2.75) is 26.4 Å². The van der Waals surface area contributed by atoms with Crippen molar-refractivity contribution in [2.24, 2.45) is 5.92 Å². The highest BCUT2D eigenvalue weighted by molar-refractivity contribution is 5.96. The summed E-state index contributed by atoms with van der Waals surface area (Å²) in [5, 5.41) is 11.1. The smallest absolute Gasteiger partial charge is 0.387 e. The maximum atomic E-state index is 12.2. The van der Waals surface area contributed by atoms with Gasteiger partial charge in [0.25, 0.3) is 5.91 Å². The first-order chi connectivity index (χ1) is 9.90. The van der Waals surface area contributed by atoms with Gasteiger partial charge in [0, 0.05) is 13.0 Å². The van der Waals surface area contributed by atoms with Crippen molar-refractivity contribution in [3.8, 4) is 5.75 Å². The summed E-state index contributed by atoms with van der Waals surface area (Å²) in [4.78, 5) is 22.4. The number of carboxylic acids is 1. The van der Waals surface area contributed by atoms with Crippen molar-refractivity contribution < 1.29 is 28.2 Å². The van der Waals surface area contributed by atoms with Gasteiger partial charge in [0.05, 0.1) is 5.56 Å². The molecule has 0 radical (unpaired) electrons. The highest BCUT2D eigenvalue weighted by Gasteiger charge is 2.16. The van der Waals surface area contributed by atoms with Crippen molar-refractivity contribution >= 4 is 11.9 Å². The third-order valence-corrected chi connectivity index (χ3v) is 2.81. The van der Waals surface area contributed by atoms with E-state index in [1.54, 1.807) is 13.0 Å². The van der Waals surface area contributed by atoms with Gasteiger partial charge in [-0.2, -0.15) is 8.78 Å². The zero-order valence-corrected chi connectivity index (χ0v) is 11.5. The Morgan fingerprint density at radius 2 is 2.00 bits per heavy atom. The van der Waals surface area contributed by atoms with E-state index in [0.29, 0.717) is 6.42 Å². The second-order valence-corrected chi connectivity index (χ2v) is 4.62. The van der Waals surface area contributed by atoms with Crippen molar-refractivity contribution in [3.05, 3.63) is 29.8 Å². The highest BCUT2D eigenvalue weighted by atomic mass is 19.3. The van der Waals surface area contributed by atoms with Gasteiger partial charge in [-0.1, -0.05) is 19.1 Å². The van der Waals surface area contributed by atoms with Crippen LogP contribution >= 0.6 is 0 Å². The molecule has 5 nitrogen and oxygen atoms in total. The summed E-state index contributed by atoms with van der Waals surface area (Å²) in [5.41, 5.74) is 0.0169. The number of carbonyl (C=O) groups excluding carboxylic acids is 1. The van der Waals surface area contributed by atoms with Crippen molar-refractivity contribution in [2.75, 3.05) is 6.54 Å². The Balaban J connectivity index is 2.57. The second kappa shape index (κ2) is 8.18. The topological polar surface area (TPSA) is 75.6 Å². The van der Waals surface area contributed by atoms with Gasteiger partial charge in [-0.15, -0.1) is 0 Å². The van der Waals surface area contributed by atoms with Crippen LogP contribution in [0.25, 0.3) is 0 Å². The molecule has 7 heteroatoms. The molecule has 0 bridgehead atoms. The van der Waals surface area contributed by atoms with Crippen LogP contribution in [0.2, 0.25) is 0 Å². The summed E-state index contributed by atoms with van der Waals surface area (Å²) in [6.07, 6.45) is 0.437. The molecule has 0 aliphatic rings. The van der Waals surface area contributed by atoms with E-state index in [9.17, 15) is 18.4 Å². The summed E-state index contributed by atoms with van der Waals surface area (Å²) in [7, 11) is 0. The van der Waals surface area contributed by atoms with Crippen LogP contribution in [0.4, 0.5) is 8.78 Å². The maximum absolute atomic E-state index is 12.2. The largest absolute Gasteiger partial charge is 0.481 e. The molecule has 0 fully saturated rings. The van der Waals surface area contributed by atoms with Gasteiger partial charge in [0.1, 0.15) is 5.75 Å². The average Bonchev–Trinajstić information content (AvgIpc) is 2.42. The molecule has 2 N–H and O–H groups in total. The fraction of sp³-hybridized carbons (Fsp3) is 0.429. The molecular formula is C14H17F2NO4. The Kier molecular flexibility index (Phi) is 6.58. The predicted molar refractivity (Wildman–Crippen MR) is 71.4 cm³/mol. The normalized spacial score (nSPS) is 12.0. The van der Waals surface area contributed by atoms with Gasteiger partial charge in [-0.05, 0) is 24.5 Å². The number of alkyl halides is 2. The molecule has 1 rings (SSSR count). The third-order valence-electron chi connectivity index (χ3n) is 2.81. The van der Waals surface area contributed by atoms with Gasteiger partial charge >= 0.3 is 12.6 Å². The molecule has 0 saturated heterocycles. The lowest BCUT2D eigenvalue weighted by Gasteiger charge is -2.13. The van der Waals surface area contributed by atoms with E-state index < -0.39 is 18.5 Å². The molecule has 1 amide bonds. The number of rotatable bonds is 8. The molecule has 1 atom stereocenters. The first-order valence-electron chi connectivity index (χ1n) is 6.44. The Hall–Kier alpha value is -2.18. The molecule has 1 aromatic rings. The minimum absolute atomic E-state index is 0.0160. The molecule has 0 aliphatic heterocycles. The number of benzene rings is 1. The number of aliphatic carboxylic acids is 1. The molecule has 0 aliphatic carbocycles. The lowest BCUT2D eigenvalue weighted by atomic mass is 10.1. The third kappa shape index (κ3) is 6.20. The van der Waals surface area contributed by atoms with Crippen molar-refractivity contribution in [3.63, 3.8) is 0 Å². The second-order valence-electron chi connectivity index (χ2n) is 4.62. The van der Waals surface area contributed by atoms with Crippen LogP contribution in [0.3, 0.4) is 0 Å². The van der Waals surface area contributed by atoms with E-state index in [1.807, 2.05) is 0 Å².